The highest BCUT2D eigenvalue weighted by Crippen LogP contribution is 2.30. The molecule has 1 rings (SSSR count). The molecule has 0 radical (unpaired) electrons. The van der Waals surface area contributed by atoms with Gasteiger partial charge in [0.2, 0.25) is 0 Å². The first-order valence-corrected chi connectivity index (χ1v) is 5.15. The second kappa shape index (κ2) is 6.04. The Morgan fingerprint density at radius 3 is 2.75 bits per heavy atom. The van der Waals surface area contributed by atoms with E-state index in [1.807, 2.05) is 6.92 Å². The Kier molecular flexibility index (Phi) is 4.68. The largest absolute Gasteiger partial charge is 0.493 e. The molecule has 0 bridgehead atoms. The van der Waals surface area contributed by atoms with Crippen LogP contribution < -0.4 is 9.47 Å². The van der Waals surface area contributed by atoms with Crippen LogP contribution in [0, 0.1) is 12.3 Å². The minimum Gasteiger partial charge on any atom is -0.493 e. The zero-order valence-electron chi connectivity index (χ0n) is 9.56. The number of benzene rings is 1. The van der Waals surface area contributed by atoms with Gasteiger partial charge in [0.05, 0.1) is 19.8 Å². The van der Waals surface area contributed by atoms with Gasteiger partial charge >= 0.3 is 0 Å². The fourth-order valence-electron chi connectivity index (χ4n) is 1.40. The van der Waals surface area contributed by atoms with Crippen molar-refractivity contribution in [1.29, 1.82) is 0 Å². The predicted octanol–water partition coefficient (Wildman–Crippen LogP) is 2.15. The van der Waals surface area contributed by atoms with Gasteiger partial charge in [-0.1, -0.05) is 6.07 Å². The van der Waals surface area contributed by atoms with Crippen molar-refractivity contribution < 1.29 is 14.6 Å². The molecule has 0 saturated heterocycles. The molecule has 0 aliphatic carbocycles. The van der Waals surface area contributed by atoms with Crippen molar-refractivity contribution in [2.75, 3.05) is 13.7 Å². The molecule has 0 spiro atoms. The minimum absolute atomic E-state index is 0.290. The van der Waals surface area contributed by atoms with E-state index in [0.717, 1.165) is 5.56 Å². The van der Waals surface area contributed by atoms with E-state index < -0.39 is 6.10 Å². The van der Waals surface area contributed by atoms with Crippen molar-refractivity contribution in [3.63, 3.8) is 0 Å². The van der Waals surface area contributed by atoms with Gasteiger partial charge in [0.1, 0.15) is 0 Å². The van der Waals surface area contributed by atoms with Crippen LogP contribution in [-0.4, -0.2) is 18.8 Å². The monoisotopic (exact) mass is 220 g/mol. The van der Waals surface area contributed by atoms with Crippen molar-refractivity contribution in [3.05, 3.63) is 23.8 Å². The second-order valence-electron chi connectivity index (χ2n) is 3.27. The number of rotatable bonds is 5. The van der Waals surface area contributed by atoms with Gasteiger partial charge in [-0.3, -0.25) is 0 Å². The molecular formula is C13H16O3. The molecule has 1 unspecified atom stereocenters. The molecule has 0 fully saturated rings. The quantitative estimate of drug-likeness (QED) is 0.773. The average Bonchev–Trinajstić information content (AvgIpc) is 2.29. The minimum atomic E-state index is -0.657. The summed E-state index contributed by atoms with van der Waals surface area (Å²) < 4.78 is 10.6. The van der Waals surface area contributed by atoms with Gasteiger partial charge in [-0.15, -0.1) is 12.3 Å². The molecule has 1 N–H and O–H groups in total. The van der Waals surface area contributed by atoms with E-state index in [9.17, 15) is 5.11 Å². The van der Waals surface area contributed by atoms with Crippen LogP contribution in [0.25, 0.3) is 0 Å². The van der Waals surface area contributed by atoms with Crippen LogP contribution in [0.2, 0.25) is 0 Å². The highest BCUT2D eigenvalue weighted by atomic mass is 16.5. The summed E-state index contributed by atoms with van der Waals surface area (Å²) in [5.74, 6) is 3.70. The van der Waals surface area contributed by atoms with Crippen LogP contribution in [0.1, 0.15) is 25.0 Å². The highest BCUT2D eigenvalue weighted by Gasteiger charge is 2.10. The molecule has 16 heavy (non-hydrogen) atoms. The van der Waals surface area contributed by atoms with Crippen LogP contribution in [0.15, 0.2) is 18.2 Å². The lowest BCUT2D eigenvalue weighted by molar-refractivity contribution is 0.183. The van der Waals surface area contributed by atoms with Crippen molar-refractivity contribution in [3.8, 4) is 23.8 Å². The van der Waals surface area contributed by atoms with Crippen LogP contribution in [-0.2, 0) is 0 Å². The third-order valence-corrected chi connectivity index (χ3v) is 2.18. The summed E-state index contributed by atoms with van der Waals surface area (Å²) in [4.78, 5) is 0. The first kappa shape index (κ1) is 12.4. The molecule has 0 aliphatic rings. The van der Waals surface area contributed by atoms with Gasteiger partial charge in [-0.2, -0.15) is 0 Å². The zero-order chi connectivity index (χ0) is 12.0. The van der Waals surface area contributed by atoms with E-state index in [0.29, 0.717) is 18.1 Å². The lowest BCUT2D eigenvalue weighted by Crippen LogP contribution is -2.00. The van der Waals surface area contributed by atoms with E-state index in [2.05, 4.69) is 5.92 Å². The Bertz CT molecular complexity index is 379. The molecule has 1 aromatic rings. The predicted molar refractivity (Wildman–Crippen MR) is 62.6 cm³/mol. The third-order valence-electron chi connectivity index (χ3n) is 2.18. The SMILES string of the molecule is C#CCC(O)c1ccc(OC)c(OCC)c1. The van der Waals surface area contributed by atoms with Gasteiger partial charge in [-0.05, 0) is 24.6 Å². The van der Waals surface area contributed by atoms with Crippen LogP contribution in [0.4, 0.5) is 0 Å². The Labute approximate surface area is 96.0 Å². The maximum Gasteiger partial charge on any atom is 0.161 e. The molecule has 0 saturated carbocycles. The normalized spacial score (nSPS) is 11.6. The summed E-state index contributed by atoms with van der Waals surface area (Å²) in [5, 5.41) is 9.74. The van der Waals surface area contributed by atoms with E-state index in [1.54, 1.807) is 25.3 Å². The number of hydrogen-bond donors (Lipinski definition) is 1. The molecule has 86 valence electrons. The van der Waals surface area contributed by atoms with Crippen LogP contribution >= 0.6 is 0 Å². The molecule has 0 amide bonds. The number of methoxy groups -OCH3 is 1. The topological polar surface area (TPSA) is 38.7 Å². The van der Waals surface area contributed by atoms with Crippen LogP contribution in [0.3, 0.4) is 0 Å². The molecule has 0 heterocycles. The van der Waals surface area contributed by atoms with Gasteiger partial charge in [0.25, 0.3) is 0 Å². The molecule has 3 nitrogen and oxygen atoms in total. The summed E-state index contributed by atoms with van der Waals surface area (Å²) in [7, 11) is 1.58. The number of aliphatic hydroxyl groups is 1. The van der Waals surface area contributed by atoms with Gasteiger partial charge < -0.3 is 14.6 Å². The Morgan fingerprint density at radius 2 is 2.19 bits per heavy atom. The molecule has 1 aromatic carbocycles. The maximum absolute atomic E-state index is 9.74. The Hall–Kier alpha value is -1.66. The van der Waals surface area contributed by atoms with Crippen molar-refractivity contribution in [2.45, 2.75) is 19.4 Å². The number of terminal acetylenes is 1. The highest BCUT2D eigenvalue weighted by molar-refractivity contribution is 5.43. The zero-order valence-corrected chi connectivity index (χ0v) is 9.56. The standard InChI is InChI=1S/C13H16O3/c1-4-6-11(14)10-7-8-12(15-3)13(9-10)16-5-2/h1,7-9,11,14H,5-6H2,2-3H3. The fraction of sp³-hybridized carbons (Fsp3) is 0.385. The Balaban J connectivity index is 2.97. The third kappa shape index (κ3) is 2.91. The number of hydrogen-bond acceptors (Lipinski definition) is 3. The average molecular weight is 220 g/mol. The summed E-state index contributed by atoms with van der Waals surface area (Å²) in [6.45, 7) is 2.44. The van der Waals surface area contributed by atoms with E-state index in [-0.39, 0.29) is 6.42 Å². The summed E-state index contributed by atoms with van der Waals surface area (Å²) in [6, 6.07) is 5.30. The lowest BCUT2D eigenvalue weighted by Gasteiger charge is -2.13. The van der Waals surface area contributed by atoms with Crippen molar-refractivity contribution in [2.24, 2.45) is 0 Å². The molecule has 3 heteroatoms. The lowest BCUT2D eigenvalue weighted by atomic mass is 10.1. The maximum atomic E-state index is 9.74. The smallest absolute Gasteiger partial charge is 0.161 e. The fourth-order valence-corrected chi connectivity index (χ4v) is 1.40. The first-order valence-electron chi connectivity index (χ1n) is 5.15. The van der Waals surface area contributed by atoms with Gasteiger partial charge in [-0.25, -0.2) is 0 Å². The molecular weight excluding hydrogens is 204 g/mol. The van der Waals surface area contributed by atoms with E-state index in [4.69, 9.17) is 15.9 Å². The summed E-state index contributed by atoms with van der Waals surface area (Å²) in [5.41, 5.74) is 0.738. The molecule has 0 aromatic heterocycles. The van der Waals surface area contributed by atoms with Gasteiger partial charge in [0.15, 0.2) is 11.5 Å². The van der Waals surface area contributed by atoms with E-state index >= 15 is 0 Å². The number of aliphatic hydroxyl groups excluding tert-OH is 1. The second-order valence-corrected chi connectivity index (χ2v) is 3.27. The number of ether oxygens (including phenoxy) is 2. The molecule has 0 aliphatic heterocycles. The summed E-state index contributed by atoms with van der Waals surface area (Å²) >= 11 is 0. The van der Waals surface area contributed by atoms with E-state index in [1.165, 1.54) is 0 Å². The molecule has 1 atom stereocenters. The van der Waals surface area contributed by atoms with Crippen molar-refractivity contribution >= 4 is 0 Å². The van der Waals surface area contributed by atoms with Crippen molar-refractivity contribution in [1.82, 2.24) is 0 Å². The Morgan fingerprint density at radius 1 is 1.44 bits per heavy atom. The van der Waals surface area contributed by atoms with Gasteiger partial charge in [0, 0.05) is 6.42 Å². The van der Waals surface area contributed by atoms with Crippen LogP contribution in [0.5, 0.6) is 11.5 Å². The summed E-state index contributed by atoms with van der Waals surface area (Å²) in [6.07, 6.45) is 4.79. The first-order chi connectivity index (χ1) is 7.72.